The summed E-state index contributed by atoms with van der Waals surface area (Å²) >= 11 is 14.6. The monoisotopic (exact) mass is 493 g/mol. The fourth-order valence-corrected chi connectivity index (χ4v) is 4.62. The van der Waals surface area contributed by atoms with Gasteiger partial charge in [0.05, 0.1) is 21.9 Å². The predicted octanol–water partition coefficient (Wildman–Crippen LogP) is 5.48. The number of hydrogen-bond donors (Lipinski definition) is 0. The van der Waals surface area contributed by atoms with Crippen molar-refractivity contribution in [3.05, 3.63) is 51.9 Å². The van der Waals surface area contributed by atoms with E-state index in [0.29, 0.717) is 33.4 Å². The third-order valence-electron chi connectivity index (χ3n) is 3.48. The standard InChI is InChI=1S/C15H11Cl2IN3O2P/c1-8(15-11(16)5-19-6-12(15)17)23-9-2-3-14-10(4-9)13(7-22)20-21(14)24-18/h2-8,24H,1H3. The van der Waals surface area contributed by atoms with Gasteiger partial charge >= 0.3 is 0 Å². The molecule has 0 aliphatic carbocycles. The lowest BCUT2D eigenvalue weighted by Gasteiger charge is -2.17. The molecule has 5 nitrogen and oxygen atoms in total. The highest BCUT2D eigenvalue weighted by Crippen LogP contribution is 2.35. The zero-order valence-corrected chi connectivity index (χ0v) is 17.0. The van der Waals surface area contributed by atoms with Gasteiger partial charge in [-0.05, 0) is 47.2 Å². The molecule has 0 saturated carbocycles. The third kappa shape index (κ3) is 3.38. The van der Waals surface area contributed by atoms with Gasteiger partial charge in [-0.25, -0.2) is 4.45 Å². The molecule has 0 fully saturated rings. The van der Waals surface area contributed by atoms with Crippen molar-refractivity contribution in [1.82, 2.24) is 14.5 Å². The Kier molecular flexibility index (Phi) is 5.59. The second kappa shape index (κ2) is 7.52. The van der Waals surface area contributed by atoms with Crippen molar-refractivity contribution in [2.45, 2.75) is 13.0 Å². The van der Waals surface area contributed by atoms with E-state index in [9.17, 15) is 4.79 Å². The van der Waals surface area contributed by atoms with Crippen LogP contribution >= 0.6 is 51.6 Å². The summed E-state index contributed by atoms with van der Waals surface area (Å²) in [5.74, 6) is 0.610. The van der Waals surface area contributed by atoms with Gasteiger partial charge in [-0.3, -0.25) is 9.78 Å². The van der Waals surface area contributed by atoms with Gasteiger partial charge in [0, 0.05) is 23.3 Å². The average Bonchev–Trinajstić information content (AvgIpc) is 2.92. The Morgan fingerprint density at radius 3 is 2.67 bits per heavy atom. The number of pyridine rings is 1. The lowest BCUT2D eigenvalue weighted by molar-refractivity contribution is 0.112. The molecule has 0 aliphatic heterocycles. The van der Waals surface area contributed by atoms with Gasteiger partial charge in [0.2, 0.25) is 0 Å². The van der Waals surface area contributed by atoms with E-state index in [2.05, 4.69) is 32.1 Å². The summed E-state index contributed by atoms with van der Waals surface area (Å²) in [6.07, 6.45) is 3.85. The Balaban J connectivity index is 1.97. The topological polar surface area (TPSA) is 57.0 Å². The fraction of sp³-hybridized carbons (Fsp3) is 0.133. The summed E-state index contributed by atoms with van der Waals surface area (Å²) in [4.78, 5) is 15.2. The average molecular weight is 494 g/mol. The maximum absolute atomic E-state index is 11.2. The molecule has 2 unspecified atom stereocenters. The van der Waals surface area contributed by atoms with Crippen LogP contribution in [0.15, 0.2) is 30.6 Å². The molecular formula is C15H11Cl2IN3O2P. The number of ether oxygens (including phenoxy) is 1. The highest BCUT2D eigenvalue weighted by molar-refractivity contribution is 14.2. The Morgan fingerprint density at radius 1 is 1.33 bits per heavy atom. The van der Waals surface area contributed by atoms with Crippen molar-refractivity contribution in [1.29, 1.82) is 0 Å². The minimum Gasteiger partial charge on any atom is -0.486 e. The summed E-state index contributed by atoms with van der Waals surface area (Å²) in [5.41, 5.74) is 1.96. The van der Waals surface area contributed by atoms with E-state index in [0.717, 1.165) is 17.2 Å². The minimum absolute atomic E-state index is 0.369. The summed E-state index contributed by atoms with van der Waals surface area (Å²) in [6.45, 7) is 1.85. The Labute approximate surface area is 163 Å². The minimum atomic E-state index is -0.369. The maximum atomic E-state index is 11.2. The molecule has 124 valence electrons. The van der Waals surface area contributed by atoms with E-state index >= 15 is 0 Å². The molecule has 0 aliphatic rings. The molecule has 0 spiro atoms. The number of benzene rings is 1. The van der Waals surface area contributed by atoms with Crippen LogP contribution in [0, 0.1) is 0 Å². The molecular weight excluding hydrogens is 483 g/mol. The molecule has 24 heavy (non-hydrogen) atoms. The molecule has 1 aromatic carbocycles. The van der Waals surface area contributed by atoms with Gasteiger partial charge in [-0.2, -0.15) is 5.10 Å². The van der Waals surface area contributed by atoms with Crippen molar-refractivity contribution in [2.75, 3.05) is 0 Å². The number of fused-ring (bicyclic) bond motifs is 1. The highest BCUT2D eigenvalue weighted by atomic mass is 127. The molecule has 2 heterocycles. The van der Waals surface area contributed by atoms with E-state index in [4.69, 9.17) is 27.9 Å². The smallest absolute Gasteiger partial charge is 0.170 e. The molecule has 9 heteroatoms. The SMILES string of the molecule is CC(Oc1ccc2c(c1)c(C=O)nn2PI)c1c(Cl)cncc1Cl. The number of carbonyl (C=O) groups excluding carboxylic acids is 1. The summed E-state index contributed by atoms with van der Waals surface area (Å²) < 4.78 is 7.76. The summed E-state index contributed by atoms with van der Waals surface area (Å²) in [6, 6.07) is 5.53. The molecule has 0 radical (unpaired) electrons. The number of nitrogens with zero attached hydrogens (tertiary/aromatic N) is 3. The fourth-order valence-electron chi connectivity index (χ4n) is 2.42. The number of halogens is 3. The largest absolute Gasteiger partial charge is 0.486 e. The molecule has 3 aromatic rings. The normalized spacial score (nSPS) is 12.8. The van der Waals surface area contributed by atoms with Gasteiger partial charge < -0.3 is 4.74 Å². The number of hydrogen-bond acceptors (Lipinski definition) is 4. The Morgan fingerprint density at radius 2 is 2.04 bits per heavy atom. The van der Waals surface area contributed by atoms with Crippen LogP contribution in [0.5, 0.6) is 5.75 Å². The zero-order valence-electron chi connectivity index (χ0n) is 12.3. The predicted molar refractivity (Wildman–Crippen MR) is 106 cm³/mol. The molecule has 0 N–H and O–H groups in total. The first-order valence-corrected chi connectivity index (χ1v) is 11.7. The molecule has 0 amide bonds. The van der Waals surface area contributed by atoms with Gasteiger partial charge in [0.15, 0.2) is 6.29 Å². The van der Waals surface area contributed by atoms with Gasteiger partial charge in [0.25, 0.3) is 0 Å². The number of carbonyl (C=O) groups is 1. The van der Waals surface area contributed by atoms with Crippen molar-refractivity contribution < 1.29 is 9.53 Å². The van der Waals surface area contributed by atoms with Crippen molar-refractivity contribution in [2.24, 2.45) is 0 Å². The number of rotatable bonds is 5. The van der Waals surface area contributed by atoms with Crippen molar-refractivity contribution in [3.63, 3.8) is 0 Å². The van der Waals surface area contributed by atoms with Crippen LogP contribution in [0.3, 0.4) is 0 Å². The van der Waals surface area contributed by atoms with Gasteiger partial charge in [-0.15, -0.1) is 0 Å². The van der Waals surface area contributed by atoms with Crippen LogP contribution in [-0.2, 0) is 0 Å². The maximum Gasteiger partial charge on any atom is 0.170 e. The molecule has 0 saturated heterocycles. The van der Waals surface area contributed by atoms with E-state index in [1.807, 2.05) is 19.1 Å². The zero-order chi connectivity index (χ0) is 17.3. The first-order chi connectivity index (χ1) is 11.5. The van der Waals surface area contributed by atoms with Crippen molar-refractivity contribution >= 4 is 68.8 Å². The van der Waals surface area contributed by atoms with Crippen LogP contribution in [-0.4, -0.2) is 20.8 Å². The van der Waals surface area contributed by atoms with E-state index < -0.39 is 0 Å². The molecule has 0 bridgehead atoms. The third-order valence-corrected chi connectivity index (χ3v) is 5.96. The Bertz CT molecular complexity index is 899. The summed E-state index contributed by atoms with van der Waals surface area (Å²) in [7, 11) is 0. The lowest BCUT2D eigenvalue weighted by Crippen LogP contribution is -2.05. The second-order valence-corrected chi connectivity index (χ2v) is 7.81. The first kappa shape index (κ1) is 17.9. The lowest BCUT2D eigenvalue weighted by atomic mass is 10.1. The van der Waals surface area contributed by atoms with Crippen LogP contribution in [0.25, 0.3) is 10.9 Å². The molecule has 3 rings (SSSR count). The number of aldehydes is 1. The quantitative estimate of drug-likeness (QED) is 0.268. The Hall–Kier alpha value is -0.950. The molecule has 2 aromatic heterocycles. The summed E-state index contributed by atoms with van der Waals surface area (Å²) in [5, 5.41) is 5.93. The van der Waals surface area contributed by atoms with Crippen LogP contribution in [0.1, 0.15) is 29.1 Å². The first-order valence-electron chi connectivity index (χ1n) is 6.85. The van der Waals surface area contributed by atoms with E-state index in [1.54, 1.807) is 10.5 Å². The van der Waals surface area contributed by atoms with Crippen molar-refractivity contribution in [3.8, 4) is 5.75 Å². The van der Waals surface area contributed by atoms with Gasteiger partial charge in [0.1, 0.15) is 17.5 Å². The number of aromatic nitrogens is 3. The van der Waals surface area contributed by atoms with Crippen LogP contribution in [0.4, 0.5) is 0 Å². The van der Waals surface area contributed by atoms with E-state index in [1.165, 1.54) is 12.4 Å². The second-order valence-electron chi connectivity index (χ2n) is 4.96. The molecule has 2 atom stereocenters. The highest BCUT2D eigenvalue weighted by Gasteiger charge is 2.17. The van der Waals surface area contributed by atoms with Crippen LogP contribution < -0.4 is 4.74 Å². The van der Waals surface area contributed by atoms with Crippen LogP contribution in [0.2, 0.25) is 10.0 Å². The van der Waals surface area contributed by atoms with E-state index in [-0.39, 0.29) is 6.10 Å². The van der Waals surface area contributed by atoms with Gasteiger partial charge in [-0.1, -0.05) is 23.2 Å².